The molecule has 112 valence electrons. The van der Waals surface area contributed by atoms with Gasteiger partial charge in [-0.15, -0.1) is 0 Å². The molecule has 0 atom stereocenters. The van der Waals surface area contributed by atoms with E-state index in [9.17, 15) is 8.42 Å². The minimum atomic E-state index is -3.67. The molecule has 1 aromatic carbocycles. The highest BCUT2D eigenvalue weighted by molar-refractivity contribution is 7.92. The smallest absolute Gasteiger partial charge is 0.262 e. The second-order valence-electron chi connectivity index (χ2n) is 5.04. The van der Waals surface area contributed by atoms with E-state index in [0.717, 1.165) is 22.3 Å². The van der Waals surface area contributed by atoms with E-state index in [-0.39, 0.29) is 4.90 Å². The summed E-state index contributed by atoms with van der Waals surface area (Å²) in [6, 6.07) is 5.28. The van der Waals surface area contributed by atoms with Crippen LogP contribution in [-0.4, -0.2) is 13.4 Å². The van der Waals surface area contributed by atoms with Crippen molar-refractivity contribution in [3.05, 3.63) is 52.8 Å². The molecule has 2 aromatic rings. The van der Waals surface area contributed by atoms with E-state index in [1.165, 1.54) is 6.20 Å². The summed E-state index contributed by atoms with van der Waals surface area (Å²) in [4.78, 5) is 4.21. The summed E-state index contributed by atoms with van der Waals surface area (Å²) < 4.78 is 27.8. The van der Waals surface area contributed by atoms with Gasteiger partial charge in [-0.2, -0.15) is 0 Å². The zero-order chi connectivity index (χ0) is 15.6. The summed E-state index contributed by atoms with van der Waals surface area (Å²) in [5.41, 5.74) is 9.35. The van der Waals surface area contributed by atoms with Crippen LogP contribution in [0.15, 0.2) is 35.5 Å². The molecule has 3 N–H and O–H groups in total. The van der Waals surface area contributed by atoms with Gasteiger partial charge < -0.3 is 5.73 Å². The first-order valence-electron chi connectivity index (χ1n) is 6.59. The van der Waals surface area contributed by atoms with Gasteiger partial charge in [0.25, 0.3) is 10.0 Å². The maximum Gasteiger partial charge on any atom is 0.262 e. The lowest BCUT2D eigenvalue weighted by molar-refractivity contribution is 0.600. The average molecular weight is 305 g/mol. The summed E-state index contributed by atoms with van der Waals surface area (Å²) in [5.74, 6) is 0. The number of pyridine rings is 1. The lowest BCUT2D eigenvalue weighted by Crippen LogP contribution is -2.16. The van der Waals surface area contributed by atoms with Crippen LogP contribution in [0.25, 0.3) is 0 Å². The Balaban J connectivity index is 2.50. The number of aryl methyl sites for hydroxylation is 2. The second kappa shape index (κ2) is 5.83. The molecule has 6 heteroatoms. The van der Waals surface area contributed by atoms with Crippen molar-refractivity contribution >= 4 is 15.7 Å². The highest BCUT2D eigenvalue weighted by Gasteiger charge is 2.19. The van der Waals surface area contributed by atoms with Crippen LogP contribution in [-0.2, 0) is 16.6 Å². The van der Waals surface area contributed by atoms with Gasteiger partial charge in [0.05, 0.1) is 16.8 Å². The van der Waals surface area contributed by atoms with E-state index in [1.54, 1.807) is 25.3 Å². The Kier molecular flexibility index (Phi) is 4.29. The largest absolute Gasteiger partial charge is 0.326 e. The molecule has 0 saturated heterocycles. The molecule has 0 amide bonds. The minimum absolute atomic E-state index is 0.256. The van der Waals surface area contributed by atoms with Crippen molar-refractivity contribution in [1.82, 2.24) is 4.98 Å². The number of nitrogens with one attached hydrogen (secondary N) is 1. The van der Waals surface area contributed by atoms with E-state index in [4.69, 9.17) is 5.73 Å². The van der Waals surface area contributed by atoms with Crippen molar-refractivity contribution in [2.75, 3.05) is 4.72 Å². The summed E-state index contributed by atoms with van der Waals surface area (Å²) in [6.45, 7) is 5.80. The van der Waals surface area contributed by atoms with Crippen molar-refractivity contribution in [2.45, 2.75) is 32.2 Å². The number of nitrogens with zero attached hydrogens (tertiary/aromatic N) is 1. The van der Waals surface area contributed by atoms with Crippen LogP contribution in [0.2, 0.25) is 0 Å². The molecule has 0 saturated carbocycles. The number of anilines is 1. The number of sulfonamides is 1. The quantitative estimate of drug-likeness (QED) is 0.907. The molecule has 1 aromatic heterocycles. The van der Waals surface area contributed by atoms with Crippen molar-refractivity contribution in [3.8, 4) is 0 Å². The highest BCUT2D eigenvalue weighted by Crippen LogP contribution is 2.24. The Hall–Kier alpha value is -1.92. The van der Waals surface area contributed by atoms with E-state index < -0.39 is 10.0 Å². The van der Waals surface area contributed by atoms with Gasteiger partial charge in [0.2, 0.25) is 0 Å². The Morgan fingerprint density at radius 3 is 2.52 bits per heavy atom. The molecule has 0 spiro atoms. The first-order chi connectivity index (χ1) is 9.85. The zero-order valence-electron chi connectivity index (χ0n) is 12.3. The molecule has 0 aliphatic heterocycles. The van der Waals surface area contributed by atoms with E-state index in [2.05, 4.69) is 9.71 Å². The fourth-order valence-corrected chi connectivity index (χ4v) is 3.55. The van der Waals surface area contributed by atoms with Gasteiger partial charge in [0.1, 0.15) is 0 Å². The normalized spacial score (nSPS) is 11.4. The lowest BCUT2D eigenvalue weighted by atomic mass is 10.1. The van der Waals surface area contributed by atoms with Gasteiger partial charge in [-0.3, -0.25) is 9.71 Å². The molecule has 2 rings (SSSR count). The molecular formula is C15H19N3O2S. The van der Waals surface area contributed by atoms with Crippen LogP contribution in [0.3, 0.4) is 0 Å². The minimum Gasteiger partial charge on any atom is -0.326 e. The molecule has 5 nitrogen and oxygen atoms in total. The summed E-state index contributed by atoms with van der Waals surface area (Å²) in [6.07, 6.45) is 3.12. The van der Waals surface area contributed by atoms with Crippen LogP contribution >= 0.6 is 0 Å². The van der Waals surface area contributed by atoms with E-state index in [1.807, 2.05) is 19.9 Å². The number of rotatable bonds is 4. The maximum absolute atomic E-state index is 12.6. The van der Waals surface area contributed by atoms with Gasteiger partial charge in [-0.05, 0) is 55.2 Å². The molecule has 0 aliphatic carbocycles. The average Bonchev–Trinajstić information content (AvgIpc) is 2.43. The third-order valence-corrected chi connectivity index (χ3v) is 4.98. The first kappa shape index (κ1) is 15.5. The van der Waals surface area contributed by atoms with Crippen molar-refractivity contribution in [3.63, 3.8) is 0 Å². The van der Waals surface area contributed by atoms with Crippen molar-refractivity contribution in [1.29, 1.82) is 0 Å². The highest BCUT2D eigenvalue weighted by atomic mass is 32.2. The van der Waals surface area contributed by atoms with Crippen molar-refractivity contribution in [2.24, 2.45) is 5.73 Å². The standard InChI is InChI=1S/C15H19N3O2S/c1-10-4-5-17-9-14(10)18-21(19,20)15-7-13(8-16)6-11(2)12(15)3/h4-7,9,18H,8,16H2,1-3H3. The zero-order valence-corrected chi connectivity index (χ0v) is 13.2. The molecule has 0 radical (unpaired) electrons. The molecule has 0 fully saturated rings. The third kappa shape index (κ3) is 3.22. The molecule has 1 heterocycles. The van der Waals surface area contributed by atoms with Gasteiger partial charge >= 0.3 is 0 Å². The molecule has 21 heavy (non-hydrogen) atoms. The Bertz CT molecular complexity index is 770. The Labute approximate surface area is 125 Å². The second-order valence-corrected chi connectivity index (χ2v) is 6.69. The summed E-state index contributed by atoms with van der Waals surface area (Å²) >= 11 is 0. The van der Waals surface area contributed by atoms with Crippen molar-refractivity contribution < 1.29 is 8.42 Å². The Morgan fingerprint density at radius 2 is 1.90 bits per heavy atom. The van der Waals surface area contributed by atoms with Gasteiger partial charge in [-0.25, -0.2) is 8.42 Å². The lowest BCUT2D eigenvalue weighted by Gasteiger charge is -2.14. The van der Waals surface area contributed by atoms with Crippen LogP contribution in [0, 0.1) is 20.8 Å². The van der Waals surface area contributed by atoms with E-state index >= 15 is 0 Å². The molecule has 0 unspecified atom stereocenters. The molecule has 0 aliphatic rings. The van der Waals surface area contributed by atoms with Crippen LogP contribution in [0.5, 0.6) is 0 Å². The molecule has 0 bridgehead atoms. The molecular weight excluding hydrogens is 286 g/mol. The number of aromatic nitrogens is 1. The fourth-order valence-electron chi connectivity index (χ4n) is 2.07. The summed E-state index contributed by atoms with van der Waals surface area (Å²) in [5, 5.41) is 0. The van der Waals surface area contributed by atoms with E-state index in [0.29, 0.717) is 12.2 Å². The number of hydrogen-bond acceptors (Lipinski definition) is 4. The fraction of sp³-hybridized carbons (Fsp3) is 0.267. The van der Waals surface area contributed by atoms with Gasteiger partial charge in [0, 0.05) is 12.7 Å². The summed E-state index contributed by atoms with van der Waals surface area (Å²) in [7, 11) is -3.67. The number of nitrogens with two attached hydrogens (primary N) is 1. The monoisotopic (exact) mass is 305 g/mol. The van der Waals surface area contributed by atoms with Gasteiger partial charge in [0.15, 0.2) is 0 Å². The Morgan fingerprint density at radius 1 is 1.19 bits per heavy atom. The topological polar surface area (TPSA) is 85.1 Å². The number of benzene rings is 1. The predicted molar refractivity (Wildman–Crippen MR) is 83.6 cm³/mol. The van der Waals surface area contributed by atoms with Gasteiger partial charge in [-0.1, -0.05) is 6.07 Å². The van der Waals surface area contributed by atoms with Crippen LogP contribution < -0.4 is 10.5 Å². The SMILES string of the molecule is Cc1ccncc1NS(=O)(=O)c1cc(CN)cc(C)c1C. The van der Waals surface area contributed by atoms with Crippen LogP contribution in [0.4, 0.5) is 5.69 Å². The maximum atomic E-state index is 12.6. The number of hydrogen-bond donors (Lipinski definition) is 2. The van der Waals surface area contributed by atoms with Crippen LogP contribution in [0.1, 0.15) is 22.3 Å². The first-order valence-corrected chi connectivity index (χ1v) is 8.07. The predicted octanol–water partition coefficient (Wildman–Crippen LogP) is 2.27. The third-order valence-electron chi connectivity index (χ3n) is 3.49.